The SMILES string of the molecule is COc1cc(OC)c(F)c(C(=O)N2CCC(c3ccc(NC(=O)c4cc(C)cnc4Cl)cc3)CC2)c1F. The Labute approximate surface area is 218 Å². The predicted molar refractivity (Wildman–Crippen MR) is 136 cm³/mol. The second kappa shape index (κ2) is 11.1. The Hall–Kier alpha value is -3.72. The molecule has 0 aliphatic carbocycles. The smallest absolute Gasteiger partial charge is 0.260 e. The molecular weight excluding hydrogens is 504 g/mol. The quantitative estimate of drug-likeness (QED) is 0.420. The predicted octanol–water partition coefficient (Wildman–Crippen LogP) is 5.61. The van der Waals surface area contributed by atoms with Crippen molar-refractivity contribution in [2.24, 2.45) is 0 Å². The van der Waals surface area contributed by atoms with E-state index in [0.29, 0.717) is 37.2 Å². The molecular formula is C27H26ClF2N3O4. The number of piperidine rings is 1. The maximum atomic E-state index is 14.8. The zero-order valence-corrected chi connectivity index (χ0v) is 21.4. The number of methoxy groups -OCH3 is 2. The molecule has 2 heterocycles. The lowest BCUT2D eigenvalue weighted by Gasteiger charge is -2.32. The van der Waals surface area contributed by atoms with Gasteiger partial charge in [0.05, 0.1) is 19.8 Å². The number of carbonyl (C=O) groups is 2. The third-order valence-electron chi connectivity index (χ3n) is 6.43. The molecule has 0 saturated carbocycles. The molecule has 1 N–H and O–H groups in total. The molecule has 0 atom stereocenters. The largest absolute Gasteiger partial charge is 0.494 e. The van der Waals surface area contributed by atoms with Gasteiger partial charge in [0.25, 0.3) is 11.8 Å². The minimum Gasteiger partial charge on any atom is -0.494 e. The average Bonchev–Trinajstić information content (AvgIpc) is 2.90. The van der Waals surface area contributed by atoms with Gasteiger partial charge in [-0.1, -0.05) is 23.7 Å². The molecule has 10 heteroatoms. The van der Waals surface area contributed by atoms with E-state index in [1.807, 2.05) is 19.1 Å². The third-order valence-corrected chi connectivity index (χ3v) is 6.73. The number of halogens is 3. The van der Waals surface area contributed by atoms with Crippen LogP contribution in [0.4, 0.5) is 14.5 Å². The molecule has 0 bridgehead atoms. The summed E-state index contributed by atoms with van der Waals surface area (Å²) >= 11 is 6.05. The van der Waals surface area contributed by atoms with Crippen molar-refractivity contribution in [3.05, 3.63) is 81.6 Å². The van der Waals surface area contributed by atoms with Crippen molar-refractivity contribution < 1.29 is 27.8 Å². The number of ether oxygens (including phenoxy) is 2. The fourth-order valence-corrected chi connectivity index (χ4v) is 4.59. The van der Waals surface area contributed by atoms with Crippen molar-refractivity contribution in [2.45, 2.75) is 25.7 Å². The number of likely N-dealkylation sites (tertiary alicyclic amines) is 1. The normalized spacial score (nSPS) is 13.8. The molecule has 2 amide bonds. The highest BCUT2D eigenvalue weighted by molar-refractivity contribution is 6.33. The number of aryl methyl sites for hydroxylation is 1. The first kappa shape index (κ1) is 26.3. The maximum absolute atomic E-state index is 14.8. The summed E-state index contributed by atoms with van der Waals surface area (Å²) in [6, 6.07) is 10.2. The minimum atomic E-state index is -1.05. The number of pyridine rings is 1. The number of rotatable bonds is 6. The van der Waals surface area contributed by atoms with Crippen LogP contribution in [-0.2, 0) is 0 Å². The number of anilines is 1. The molecule has 1 aromatic heterocycles. The molecule has 0 unspecified atom stereocenters. The molecule has 7 nitrogen and oxygen atoms in total. The third kappa shape index (κ3) is 5.51. The number of hydrogen-bond acceptors (Lipinski definition) is 5. The maximum Gasteiger partial charge on any atom is 0.260 e. The van der Waals surface area contributed by atoms with Crippen LogP contribution in [0.2, 0.25) is 5.15 Å². The first-order valence-corrected chi connectivity index (χ1v) is 12.0. The van der Waals surface area contributed by atoms with E-state index in [0.717, 1.165) is 17.2 Å². The summed E-state index contributed by atoms with van der Waals surface area (Å²) in [5.74, 6) is -3.56. The lowest BCUT2D eigenvalue weighted by atomic mass is 9.89. The molecule has 1 saturated heterocycles. The van der Waals surface area contributed by atoms with E-state index in [1.54, 1.807) is 24.4 Å². The summed E-state index contributed by atoms with van der Waals surface area (Å²) in [6.45, 7) is 2.49. The monoisotopic (exact) mass is 529 g/mol. The van der Waals surface area contributed by atoms with Gasteiger partial charge in [-0.3, -0.25) is 9.59 Å². The molecule has 0 spiro atoms. The lowest BCUT2D eigenvalue weighted by molar-refractivity contribution is 0.0701. The van der Waals surface area contributed by atoms with E-state index < -0.39 is 23.1 Å². The number of hydrogen-bond donors (Lipinski definition) is 1. The number of nitrogens with zero attached hydrogens (tertiary/aromatic N) is 2. The Morgan fingerprint density at radius 3 is 2.19 bits per heavy atom. The zero-order chi connectivity index (χ0) is 26.7. The van der Waals surface area contributed by atoms with Crippen LogP contribution in [0.25, 0.3) is 0 Å². The second-order valence-corrected chi connectivity index (χ2v) is 9.14. The molecule has 0 radical (unpaired) electrons. The van der Waals surface area contributed by atoms with E-state index in [1.165, 1.54) is 19.1 Å². The summed E-state index contributed by atoms with van der Waals surface area (Å²) in [5.41, 5.74) is 2.09. The highest BCUT2D eigenvalue weighted by Crippen LogP contribution is 2.34. The molecule has 194 valence electrons. The second-order valence-electron chi connectivity index (χ2n) is 8.78. The minimum absolute atomic E-state index is 0.133. The molecule has 3 aromatic rings. The van der Waals surface area contributed by atoms with Gasteiger partial charge in [-0.15, -0.1) is 0 Å². The zero-order valence-electron chi connectivity index (χ0n) is 20.6. The van der Waals surface area contributed by atoms with Crippen molar-refractivity contribution in [2.75, 3.05) is 32.6 Å². The highest BCUT2D eigenvalue weighted by atomic mass is 35.5. The van der Waals surface area contributed by atoms with Gasteiger partial charge in [0.1, 0.15) is 10.7 Å². The Bertz CT molecular complexity index is 1300. The topological polar surface area (TPSA) is 80.8 Å². The van der Waals surface area contributed by atoms with Gasteiger partial charge in [0.15, 0.2) is 23.1 Å². The van der Waals surface area contributed by atoms with Crippen LogP contribution < -0.4 is 14.8 Å². The molecule has 37 heavy (non-hydrogen) atoms. The number of nitrogens with one attached hydrogen (secondary N) is 1. The van der Waals surface area contributed by atoms with E-state index in [-0.39, 0.29) is 28.5 Å². The van der Waals surface area contributed by atoms with Crippen LogP contribution in [0.1, 0.15) is 50.6 Å². The summed E-state index contributed by atoms with van der Waals surface area (Å²) < 4.78 is 39.4. The fourth-order valence-electron chi connectivity index (χ4n) is 4.40. The van der Waals surface area contributed by atoms with Crippen LogP contribution in [0, 0.1) is 18.6 Å². The van der Waals surface area contributed by atoms with Crippen LogP contribution in [0.3, 0.4) is 0 Å². The van der Waals surface area contributed by atoms with Crippen LogP contribution >= 0.6 is 11.6 Å². The van der Waals surface area contributed by atoms with Crippen molar-refractivity contribution >= 4 is 29.1 Å². The summed E-state index contributed by atoms with van der Waals surface area (Å²) in [7, 11) is 2.47. The Balaban J connectivity index is 1.41. The van der Waals surface area contributed by atoms with Gasteiger partial charge in [-0.2, -0.15) is 0 Å². The van der Waals surface area contributed by atoms with Gasteiger partial charge in [-0.25, -0.2) is 13.8 Å². The van der Waals surface area contributed by atoms with E-state index in [2.05, 4.69) is 10.3 Å². The van der Waals surface area contributed by atoms with Gasteiger partial charge in [-0.05, 0) is 55.0 Å². The molecule has 2 aromatic carbocycles. The lowest BCUT2D eigenvalue weighted by Crippen LogP contribution is -2.38. The van der Waals surface area contributed by atoms with Gasteiger partial charge in [0, 0.05) is 31.0 Å². The molecule has 1 aliphatic rings. The van der Waals surface area contributed by atoms with Crippen molar-refractivity contribution in [3.63, 3.8) is 0 Å². The first-order chi connectivity index (χ1) is 17.7. The van der Waals surface area contributed by atoms with Gasteiger partial charge in [0.2, 0.25) is 0 Å². The standard InChI is InChI=1S/C27H26ClF2N3O4/c1-15-12-19(25(28)31-14-15)26(34)32-18-6-4-16(5-7-18)17-8-10-33(11-9-17)27(35)22-23(29)20(36-2)13-21(37-3)24(22)30/h4-7,12-14,17H,8-11H2,1-3H3,(H,32,34). The van der Waals surface area contributed by atoms with Crippen LogP contribution in [0.5, 0.6) is 11.5 Å². The summed E-state index contributed by atoms with van der Waals surface area (Å²) in [5, 5.41) is 2.95. The number of carbonyl (C=O) groups excluding carboxylic acids is 2. The number of benzene rings is 2. The summed E-state index contributed by atoms with van der Waals surface area (Å²) in [6.07, 6.45) is 2.83. The Morgan fingerprint density at radius 2 is 1.62 bits per heavy atom. The Kier molecular flexibility index (Phi) is 7.92. The van der Waals surface area contributed by atoms with Crippen molar-refractivity contribution in [1.29, 1.82) is 0 Å². The Morgan fingerprint density at radius 1 is 1.03 bits per heavy atom. The van der Waals surface area contributed by atoms with Gasteiger partial charge >= 0.3 is 0 Å². The first-order valence-electron chi connectivity index (χ1n) is 11.7. The molecule has 4 rings (SSSR count). The molecule has 1 aliphatic heterocycles. The van der Waals surface area contributed by atoms with Crippen molar-refractivity contribution in [3.8, 4) is 11.5 Å². The number of aromatic nitrogens is 1. The van der Waals surface area contributed by atoms with Gasteiger partial charge < -0.3 is 19.7 Å². The fraction of sp³-hybridized carbons (Fsp3) is 0.296. The average molecular weight is 530 g/mol. The van der Waals surface area contributed by atoms with E-state index >= 15 is 0 Å². The van der Waals surface area contributed by atoms with E-state index in [9.17, 15) is 18.4 Å². The summed E-state index contributed by atoms with van der Waals surface area (Å²) in [4.78, 5) is 31.0. The molecule has 1 fully saturated rings. The highest BCUT2D eigenvalue weighted by Gasteiger charge is 2.31. The number of amides is 2. The van der Waals surface area contributed by atoms with Crippen molar-refractivity contribution in [1.82, 2.24) is 9.88 Å². The van der Waals surface area contributed by atoms with Crippen LogP contribution in [0.15, 0.2) is 42.6 Å². The van der Waals surface area contributed by atoms with E-state index in [4.69, 9.17) is 21.1 Å². The van der Waals surface area contributed by atoms with Crippen LogP contribution in [-0.4, -0.2) is 49.0 Å².